The molecular weight excluding hydrogens is 220 g/mol. The van der Waals surface area contributed by atoms with Crippen molar-refractivity contribution in [2.24, 2.45) is 0 Å². The maximum atomic E-state index is 11.5. The fourth-order valence-electron chi connectivity index (χ4n) is 1.31. The number of hydrogen-bond acceptors (Lipinski definition) is 4. The molecule has 17 heavy (non-hydrogen) atoms. The minimum absolute atomic E-state index is 0.0403. The molecule has 0 spiro atoms. The standard InChI is InChI=1S/C13H16O4/c1-13(2,17-10-14)8-12(15)16-9-11-6-4-3-5-7-11/h3-7,10H,8-9H2,1-2H3. The second kappa shape index (κ2) is 6.03. The van der Waals surface area contributed by atoms with Crippen LogP contribution in [0.1, 0.15) is 25.8 Å². The molecule has 0 unspecified atom stereocenters. The molecule has 0 saturated heterocycles. The minimum atomic E-state index is -0.824. The monoisotopic (exact) mass is 236 g/mol. The van der Waals surface area contributed by atoms with Crippen molar-refractivity contribution in [2.75, 3.05) is 0 Å². The highest BCUT2D eigenvalue weighted by atomic mass is 16.6. The zero-order valence-corrected chi connectivity index (χ0v) is 10.0. The van der Waals surface area contributed by atoms with Gasteiger partial charge in [0.2, 0.25) is 0 Å². The first kappa shape index (κ1) is 13.2. The normalized spacial score (nSPS) is 10.7. The fourth-order valence-corrected chi connectivity index (χ4v) is 1.31. The number of benzene rings is 1. The minimum Gasteiger partial charge on any atom is -0.461 e. The van der Waals surface area contributed by atoms with Gasteiger partial charge in [0.05, 0.1) is 6.42 Å². The van der Waals surface area contributed by atoms with E-state index in [1.54, 1.807) is 13.8 Å². The molecule has 0 aromatic heterocycles. The smallest absolute Gasteiger partial charge is 0.310 e. The van der Waals surface area contributed by atoms with Crippen LogP contribution in [0.4, 0.5) is 0 Å². The second-order valence-electron chi connectivity index (χ2n) is 4.30. The fraction of sp³-hybridized carbons (Fsp3) is 0.385. The third kappa shape index (κ3) is 5.15. The first-order chi connectivity index (χ1) is 8.03. The number of rotatable bonds is 6. The number of carbonyl (C=O) groups excluding carboxylic acids is 2. The van der Waals surface area contributed by atoms with Crippen LogP contribution < -0.4 is 0 Å². The third-order valence-corrected chi connectivity index (χ3v) is 2.18. The second-order valence-corrected chi connectivity index (χ2v) is 4.30. The summed E-state index contributed by atoms with van der Waals surface area (Å²) in [6.07, 6.45) is 0.0403. The molecule has 1 rings (SSSR count). The van der Waals surface area contributed by atoms with Gasteiger partial charge >= 0.3 is 5.97 Å². The van der Waals surface area contributed by atoms with Gasteiger partial charge in [-0.05, 0) is 19.4 Å². The maximum Gasteiger partial charge on any atom is 0.310 e. The summed E-state index contributed by atoms with van der Waals surface area (Å²) >= 11 is 0. The van der Waals surface area contributed by atoms with Gasteiger partial charge in [0, 0.05) is 0 Å². The Bertz CT molecular complexity index is 370. The number of ether oxygens (including phenoxy) is 2. The molecule has 1 aromatic carbocycles. The van der Waals surface area contributed by atoms with Gasteiger partial charge in [-0.1, -0.05) is 30.3 Å². The van der Waals surface area contributed by atoms with Crippen molar-refractivity contribution in [3.8, 4) is 0 Å². The van der Waals surface area contributed by atoms with Gasteiger partial charge in [-0.2, -0.15) is 0 Å². The molecule has 0 fully saturated rings. The molecule has 0 saturated carbocycles. The summed E-state index contributed by atoms with van der Waals surface area (Å²) in [7, 11) is 0. The van der Waals surface area contributed by atoms with Crippen molar-refractivity contribution in [3.63, 3.8) is 0 Å². The molecule has 0 N–H and O–H groups in total. The van der Waals surface area contributed by atoms with Gasteiger partial charge in [-0.15, -0.1) is 0 Å². The molecule has 0 amide bonds. The Morgan fingerprint density at radius 1 is 1.29 bits per heavy atom. The first-order valence-electron chi connectivity index (χ1n) is 5.34. The zero-order valence-electron chi connectivity index (χ0n) is 10.0. The Morgan fingerprint density at radius 2 is 1.94 bits per heavy atom. The largest absolute Gasteiger partial charge is 0.461 e. The van der Waals surface area contributed by atoms with Crippen LogP contribution in [0.15, 0.2) is 30.3 Å². The van der Waals surface area contributed by atoms with E-state index < -0.39 is 5.60 Å². The topological polar surface area (TPSA) is 52.6 Å². The third-order valence-electron chi connectivity index (χ3n) is 2.18. The molecule has 1 aromatic rings. The summed E-state index contributed by atoms with van der Waals surface area (Å²) in [4.78, 5) is 21.7. The first-order valence-corrected chi connectivity index (χ1v) is 5.34. The Labute approximate surface area is 101 Å². The van der Waals surface area contributed by atoms with Crippen LogP contribution in [0.3, 0.4) is 0 Å². The highest BCUT2D eigenvalue weighted by molar-refractivity contribution is 5.70. The number of hydrogen-bond donors (Lipinski definition) is 0. The van der Waals surface area contributed by atoms with Gasteiger partial charge in [0.1, 0.15) is 12.2 Å². The average molecular weight is 236 g/mol. The van der Waals surface area contributed by atoms with Crippen molar-refractivity contribution < 1.29 is 19.1 Å². The summed E-state index contributed by atoms with van der Waals surface area (Å²) in [5.74, 6) is -0.388. The van der Waals surface area contributed by atoms with E-state index in [9.17, 15) is 9.59 Å². The van der Waals surface area contributed by atoms with Crippen LogP contribution in [0.5, 0.6) is 0 Å². The Kier molecular flexibility index (Phi) is 4.69. The van der Waals surface area contributed by atoms with Crippen molar-refractivity contribution in [1.29, 1.82) is 0 Å². The van der Waals surface area contributed by atoms with E-state index in [0.717, 1.165) is 5.56 Å². The summed E-state index contributed by atoms with van der Waals surface area (Å²) in [6.45, 7) is 3.89. The average Bonchev–Trinajstić information content (AvgIpc) is 2.27. The van der Waals surface area contributed by atoms with E-state index in [1.165, 1.54) is 0 Å². The Hall–Kier alpha value is -1.84. The van der Waals surface area contributed by atoms with Gasteiger partial charge in [-0.3, -0.25) is 9.59 Å². The summed E-state index contributed by atoms with van der Waals surface area (Å²) in [5.41, 5.74) is 0.102. The van der Waals surface area contributed by atoms with Crippen LogP contribution in [0.2, 0.25) is 0 Å². The molecular formula is C13H16O4. The lowest BCUT2D eigenvalue weighted by molar-refractivity contribution is -0.155. The van der Waals surface area contributed by atoms with E-state index in [-0.39, 0.29) is 19.0 Å². The summed E-state index contributed by atoms with van der Waals surface area (Å²) in [6, 6.07) is 9.40. The van der Waals surface area contributed by atoms with Crippen LogP contribution in [-0.4, -0.2) is 18.0 Å². The van der Waals surface area contributed by atoms with Gasteiger partial charge in [-0.25, -0.2) is 0 Å². The van der Waals surface area contributed by atoms with Crippen LogP contribution >= 0.6 is 0 Å². The molecule has 4 heteroatoms. The lowest BCUT2D eigenvalue weighted by Gasteiger charge is -2.21. The van der Waals surface area contributed by atoms with Gasteiger partial charge in [0.25, 0.3) is 6.47 Å². The number of esters is 1. The van der Waals surface area contributed by atoms with Crippen LogP contribution in [0.25, 0.3) is 0 Å². The lowest BCUT2D eigenvalue weighted by Crippen LogP contribution is -2.28. The molecule has 0 atom stereocenters. The molecule has 0 bridgehead atoms. The van der Waals surface area contributed by atoms with E-state index in [1.807, 2.05) is 30.3 Å². The van der Waals surface area contributed by atoms with Crippen molar-refractivity contribution in [1.82, 2.24) is 0 Å². The van der Waals surface area contributed by atoms with Gasteiger partial charge in [0.15, 0.2) is 0 Å². The molecule has 0 radical (unpaired) electrons. The van der Waals surface area contributed by atoms with E-state index in [4.69, 9.17) is 9.47 Å². The predicted octanol–water partition coefficient (Wildman–Crippen LogP) is 2.07. The predicted molar refractivity (Wildman–Crippen MR) is 62.1 cm³/mol. The highest BCUT2D eigenvalue weighted by Crippen LogP contribution is 2.14. The molecule has 4 nitrogen and oxygen atoms in total. The number of carbonyl (C=O) groups is 2. The Balaban J connectivity index is 2.38. The summed E-state index contributed by atoms with van der Waals surface area (Å²) in [5, 5.41) is 0. The molecule has 92 valence electrons. The van der Waals surface area contributed by atoms with E-state index >= 15 is 0 Å². The zero-order chi connectivity index (χ0) is 12.7. The lowest BCUT2D eigenvalue weighted by atomic mass is 10.1. The Morgan fingerprint density at radius 3 is 2.53 bits per heavy atom. The molecule has 0 heterocycles. The van der Waals surface area contributed by atoms with E-state index in [2.05, 4.69) is 0 Å². The summed E-state index contributed by atoms with van der Waals surface area (Å²) < 4.78 is 9.85. The maximum absolute atomic E-state index is 11.5. The van der Waals surface area contributed by atoms with Crippen molar-refractivity contribution in [3.05, 3.63) is 35.9 Å². The van der Waals surface area contributed by atoms with E-state index in [0.29, 0.717) is 6.47 Å². The molecule has 0 aliphatic heterocycles. The highest BCUT2D eigenvalue weighted by Gasteiger charge is 2.24. The van der Waals surface area contributed by atoms with Crippen LogP contribution in [0, 0.1) is 0 Å². The van der Waals surface area contributed by atoms with Crippen LogP contribution in [-0.2, 0) is 25.7 Å². The van der Waals surface area contributed by atoms with Gasteiger partial charge < -0.3 is 9.47 Å². The van der Waals surface area contributed by atoms with Crippen molar-refractivity contribution >= 4 is 12.4 Å². The van der Waals surface area contributed by atoms with Crippen molar-refractivity contribution in [2.45, 2.75) is 32.5 Å². The molecule has 0 aliphatic carbocycles. The SMILES string of the molecule is CC(C)(CC(=O)OCc1ccccc1)OC=O. The quantitative estimate of drug-likeness (QED) is 0.560. The molecule has 0 aliphatic rings.